The van der Waals surface area contributed by atoms with Gasteiger partial charge in [0, 0.05) is 18.7 Å². The third-order valence-corrected chi connectivity index (χ3v) is 2.28. The Morgan fingerprint density at radius 2 is 2.19 bits per heavy atom. The van der Waals surface area contributed by atoms with Crippen LogP contribution in [0.1, 0.15) is 25.6 Å². The molecule has 2 rings (SSSR count). The molecule has 1 fully saturated rings. The van der Waals surface area contributed by atoms with Crippen molar-refractivity contribution in [2.45, 2.75) is 32.4 Å². The zero-order valence-electron chi connectivity index (χ0n) is 9.36. The van der Waals surface area contributed by atoms with Crippen LogP contribution in [0, 0.1) is 0 Å². The number of aromatic nitrogens is 2. The molecule has 1 aromatic heterocycles. The van der Waals surface area contributed by atoms with E-state index in [4.69, 9.17) is 10.6 Å². The van der Waals surface area contributed by atoms with E-state index in [1.165, 1.54) is 12.8 Å². The summed E-state index contributed by atoms with van der Waals surface area (Å²) in [6, 6.07) is 2.36. The van der Waals surface area contributed by atoms with Crippen LogP contribution in [0.3, 0.4) is 0 Å². The Bertz CT molecular complexity index is 353. The van der Waals surface area contributed by atoms with E-state index in [-0.39, 0.29) is 0 Å². The first-order valence-corrected chi connectivity index (χ1v) is 5.50. The molecule has 0 bridgehead atoms. The summed E-state index contributed by atoms with van der Waals surface area (Å²) in [5.74, 6) is 7.40. The highest BCUT2D eigenvalue weighted by Gasteiger charge is 2.21. The lowest BCUT2D eigenvalue weighted by Crippen LogP contribution is -2.13. The van der Waals surface area contributed by atoms with E-state index in [0.717, 1.165) is 5.82 Å². The minimum Gasteiger partial charge on any atom is -0.374 e. The SMILES string of the molecule is CCOCc1nc(NN)cc(NC2CC2)n1. The fraction of sp³-hybridized carbons (Fsp3) is 0.600. The summed E-state index contributed by atoms with van der Waals surface area (Å²) < 4.78 is 5.27. The summed E-state index contributed by atoms with van der Waals surface area (Å²) in [4.78, 5) is 8.56. The van der Waals surface area contributed by atoms with Gasteiger partial charge in [-0.1, -0.05) is 0 Å². The number of rotatable bonds is 6. The van der Waals surface area contributed by atoms with Crippen molar-refractivity contribution in [3.05, 3.63) is 11.9 Å². The van der Waals surface area contributed by atoms with E-state index in [1.54, 1.807) is 6.07 Å². The first-order valence-electron chi connectivity index (χ1n) is 5.50. The molecule has 0 aliphatic heterocycles. The van der Waals surface area contributed by atoms with E-state index in [1.807, 2.05) is 6.92 Å². The molecule has 16 heavy (non-hydrogen) atoms. The number of hydrazine groups is 1. The average molecular weight is 223 g/mol. The van der Waals surface area contributed by atoms with Crippen molar-refractivity contribution in [3.8, 4) is 0 Å². The highest BCUT2D eigenvalue weighted by atomic mass is 16.5. The Kier molecular flexibility index (Phi) is 3.53. The van der Waals surface area contributed by atoms with Crippen LogP contribution in [-0.4, -0.2) is 22.6 Å². The number of nitrogens with two attached hydrogens (primary N) is 1. The van der Waals surface area contributed by atoms with E-state index in [2.05, 4.69) is 20.7 Å². The lowest BCUT2D eigenvalue weighted by Gasteiger charge is -2.08. The van der Waals surface area contributed by atoms with Crippen molar-refractivity contribution in [2.75, 3.05) is 17.3 Å². The average Bonchev–Trinajstić information content (AvgIpc) is 3.10. The van der Waals surface area contributed by atoms with Gasteiger partial charge in [-0.25, -0.2) is 15.8 Å². The Morgan fingerprint density at radius 3 is 2.81 bits per heavy atom. The number of anilines is 2. The van der Waals surface area contributed by atoms with Crippen LogP contribution in [0.4, 0.5) is 11.6 Å². The molecule has 0 radical (unpaired) electrons. The maximum atomic E-state index is 5.35. The quantitative estimate of drug-likeness (QED) is 0.490. The summed E-state index contributed by atoms with van der Waals surface area (Å²) in [7, 11) is 0. The molecule has 1 heterocycles. The van der Waals surface area contributed by atoms with Crippen molar-refractivity contribution in [1.82, 2.24) is 9.97 Å². The van der Waals surface area contributed by atoms with Crippen molar-refractivity contribution in [1.29, 1.82) is 0 Å². The zero-order chi connectivity index (χ0) is 11.4. The predicted molar refractivity (Wildman–Crippen MR) is 61.8 cm³/mol. The molecule has 1 aliphatic rings. The summed E-state index contributed by atoms with van der Waals surface area (Å²) in [5.41, 5.74) is 2.53. The normalized spacial score (nSPS) is 14.9. The largest absolute Gasteiger partial charge is 0.374 e. The van der Waals surface area contributed by atoms with Crippen LogP contribution in [0.15, 0.2) is 6.07 Å². The molecule has 6 nitrogen and oxygen atoms in total. The Labute approximate surface area is 94.6 Å². The number of ether oxygens (including phenoxy) is 1. The first-order chi connectivity index (χ1) is 7.81. The lowest BCUT2D eigenvalue weighted by atomic mass is 10.4. The Morgan fingerprint density at radius 1 is 1.44 bits per heavy atom. The summed E-state index contributed by atoms with van der Waals surface area (Å²) in [5, 5.41) is 3.31. The lowest BCUT2D eigenvalue weighted by molar-refractivity contribution is 0.128. The minimum absolute atomic E-state index is 0.408. The topological polar surface area (TPSA) is 85.1 Å². The molecule has 0 spiro atoms. The van der Waals surface area contributed by atoms with Gasteiger partial charge in [0.05, 0.1) is 0 Å². The van der Waals surface area contributed by atoms with Gasteiger partial charge in [-0.3, -0.25) is 0 Å². The Balaban J connectivity index is 2.09. The van der Waals surface area contributed by atoms with Gasteiger partial charge in [-0.05, 0) is 19.8 Å². The van der Waals surface area contributed by atoms with Crippen LogP contribution in [0.25, 0.3) is 0 Å². The van der Waals surface area contributed by atoms with Gasteiger partial charge in [0.25, 0.3) is 0 Å². The second kappa shape index (κ2) is 5.09. The third kappa shape index (κ3) is 3.04. The zero-order valence-corrected chi connectivity index (χ0v) is 9.36. The van der Waals surface area contributed by atoms with Gasteiger partial charge in [-0.15, -0.1) is 0 Å². The number of nitrogens with zero attached hydrogens (tertiary/aromatic N) is 2. The van der Waals surface area contributed by atoms with Gasteiger partial charge in [0.15, 0.2) is 5.82 Å². The predicted octanol–water partition coefficient (Wildman–Crippen LogP) is 0.873. The highest BCUT2D eigenvalue weighted by molar-refractivity contribution is 5.47. The summed E-state index contributed by atoms with van der Waals surface area (Å²) in [6.45, 7) is 2.99. The number of nitrogens with one attached hydrogen (secondary N) is 2. The Hall–Kier alpha value is -1.40. The first kappa shape index (κ1) is 11.1. The number of hydrogen-bond donors (Lipinski definition) is 3. The maximum absolute atomic E-state index is 5.35. The molecular formula is C10H17N5O. The second-order valence-electron chi connectivity index (χ2n) is 3.75. The maximum Gasteiger partial charge on any atom is 0.158 e. The molecule has 1 aromatic rings. The van der Waals surface area contributed by atoms with E-state index in [9.17, 15) is 0 Å². The van der Waals surface area contributed by atoms with E-state index >= 15 is 0 Å². The minimum atomic E-state index is 0.408. The molecule has 6 heteroatoms. The molecule has 1 saturated carbocycles. The molecule has 0 unspecified atom stereocenters. The number of nitrogen functional groups attached to an aromatic ring is 1. The molecule has 0 atom stereocenters. The molecule has 1 aliphatic carbocycles. The molecule has 88 valence electrons. The van der Waals surface area contributed by atoms with E-state index < -0.39 is 0 Å². The van der Waals surface area contributed by atoms with Crippen LogP contribution in [-0.2, 0) is 11.3 Å². The monoisotopic (exact) mass is 223 g/mol. The van der Waals surface area contributed by atoms with Gasteiger partial charge < -0.3 is 15.5 Å². The summed E-state index contributed by atoms with van der Waals surface area (Å²) in [6.07, 6.45) is 2.41. The molecule has 0 amide bonds. The van der Waals surface area contributed by atoms with Gasteiger partial charge in [0.1, 0.15) is 18.2 Å². The van der Waals surface area contributed by atoms with Crippen LogP contribution >= 0.6 is 0 Å². The molecular weight excluding hydrogens is 206 g/mol. The van der Waals surface area contributed by atoms with Crippen molar-refractivity contribution in [3.63, 3.8) is 0 Å². The van der Waals surface area contributed by atoms with Crippen molar-refractivity contribution >= 4 is 11.6 Å². The molecule has 0 aromatic carbocycles. The second-order valence-corrected chi connectivity index (χ2v) is 3.75. The number of hydrogen-bond acceptors (Lipinski definition) is 6. The fourth-order valence-electron chi connectivity index (χ4n) is 1.34. The third-order valence-electron chi connectivity index (χ3n) is 2.28. The highest BCUT2D eigenvalue weighted by Crippen LogP contribution is 2.24. The summed E-state index contributed by atoms with van der Waals surface area (Å²) >= 11 is 0. The van der Waals surface area contributed by atoms with Crippen LogP contribution < -0.4 is 16.6 Å². The molecule has 0 saturated heterocycles. The standard InChI is InChI=1S/C10H17N5O/c1-2-16-6-10-13-8(12-7-3-4-7)5-9(14-10)15-11/h5,7H,2-4,6,11H2,1H3,(H2,12,13,14,15). The van der Waals surface area contributed by atoms with Crippen molar-refractivity contribution in [2.24, 2.45) is 5.84 Å². The van der Waals surface area contributed by atoms with E-state index in [0.29, 0.717) is 30.9 Å². The smallest absolute Gasteiger partial charge is 0.158 e. The fourth-order valence-corrected chi connectivity index (χ4v) is 1.34. The molecule has 4 N–H and O–H groups in total. The van der Waals surface area contributed by atoms with Crippen molar-refractivity contribution < 1.29 is 4.74 Å². The van der Waals surface area contributed by atoms with Gasteiger partial charge in [-0.2, -0.15) is 0 Å². The van der Waals surface area contributed by atoms with Gasteiger partial charge in [0.2, 0.25) is 0 Å². The van der Waals surface area contributed by atoms with Crippen LogP contribution in [0.2, 0.25) is 0 Å². The van der Waals surface area contributed by atoms with Crippen LogP contribution in [0.5, 0.6) is 0 Å². The van der Waals surface area contributed by atoms with Gasteiger partial charge >= 0.3 is 0 Å².